The predicted molar refractivity (Wildman–Crippen MR) is 135 cm³/mol. The highest BCUT2D eigenvalue weighted by molar-refractivity contribution is 7.92. The number of hydrogen-bond donors (Lipinski definition) is 1. The molecule has 2 rings (SSSR count). The van der Waals surface area contributed by atoms with Crippen molar-refractivity contribution in [2.45, 2.75) is 39.0 Å². The Balaban J connectivity index is 2.50. The molecule has 0 heterocycles. The van der Waals surface area contributed by atoms with Gasteiger partial charge in [-0.2, -0.15) is 13.2 Å². The fraction of sp³-hybridized carbons (Fsp3) is 0.417. The molecule has 1 N–H and O–H groups in total. The monoisotopic (exact) mass is 563 g/mol. The molecule has 2 amide bonds. The molecule has 0 aliphatic heterocycles. The maximum Gasteiger partial charge on any atom is 0.417 e. The first-order valence-corrected chi connectivity index (χ1v) is 13.5. The number of halogens is 4. The lowest BCUT2D eigenvalue weighted by atomic mass is 10.1. The number of amides is 2. The molecule has 0 spiro atoms. The molecule has 0 aliphatic carbocycles. The van der Waals surface area contributed by atoms with Gasteiger partial charge in [0, 0.05) is 13.1 Å². The van der Waals surface area contributed by atoms with Crippen LogP contribution in [0.5, 0.6) is 5.75 Å². The Hall–Kier alpha value is -2.99. The van der Waals surface area contributed by atoms with E-state index in [0.29, 0.717) is 28.2 Å². The number of ether oxygens (including phenoxy) is 1. The molecule has 0 aliphatic rings. The van der Waals surface area contributed by atoms with Crippen LogP contribution in [-0.4, -0.2) is 57.6 Å². The molecular weight excluding hydrogens is 535 g/mol. The zero-order valence-electron chi connectivity index (χ0n) is 20.8. The van der Waals surface area contributed by atoms with Crippen LogP contribution in [0.25, 0.3) is 0 Å². The third-order valence-corrected chi connectivity index (χ3v) is 6.94. The van der Waals surface area contributed by atoms with Crippen LogP contribution in [0.2, 0.25) is 5.02 Å². The second-order valence-corrected chi connectivity index (χ2v) is 10.4. The molecule has 204 valence electrons. The predicted octanol–water partition coefficient (Wildman–Crippen LogP) is 4.08. The minimum absolute atomic E-state index is 0.0511. The molecular formula is C24H29ClF3N3O5S. The normalized spacial score (nSPS) is 12.5. The van der Waals surface area contributed by atoms with Crippen LogP contribution in [0.4, 0.5) is 18.9 Å². The topological polar surface area (TPSA) is 96.0 Å². The van der Waals surface area contributed by atoms with Gasteiger partial charge in [0.1, 0.15) is 18.3 Å². The molecule has 0 radical (unpaired) electrons. The summed E-state index contributed by atoms with van der Waals surface area (Å²) < 4.78 is 71.1. The minimum Gasteiger partial charge on any atom is -0.497 e. The number of alkyl halides is 3. The highest BCUT2D eigenvalue weighted by Crippen LogP contribution is 2.37. The van der Waals surface area contributed by atoms with Crippen molar-refractivity contribution < 1.29 is 35.9 Å². The maximum absolute atomic E-state index is 13.5. The average Bonchev–Trinajstić information content (AvgIpc) is 2.82. The third-order valence-electron chi connectivity index (χ3n) is 5.47. The summed E-state index contributed by atoms with van der Waals surface area (Å²) in [7, 11) is -2.71. The van der Waals surface area contributed by atoms with Crippen molar-refractivity contribution >= 4 is 39.1 Å². The standard InChI is InChI=1S/C24H29ClF3N3O5S/c1-5-21(23(33)29-6-2)30(14-16-7-10-18(36-3)11-8-16)22(32)15-31(37(4,34)35)17-9-12-20(25)19(13-17)24(26,27)28/h7-13,21H,5-6,14-15H2,1-4H3,(H,29,33). The quantitative estimate of drug-likeness (QED) is 0.444. The van der Waals surface area contributed by atoms with Gasteiger partial charge in [-0.1, -0.05) is 30.7 Å². The van der Waals surface area contributed by atoms with Gasteiger partial charge in [-0.15, -0.1) is 0 Å². The van der Waals surface area contributed by atoms with Crippen molar-refractivity contribution in [2.75, 3.05) is 30.8 Å². The SMILES string of the molecule is CCNC(=O)C(CC)N(Cc1ccc(OC)cc1)C(=O)CN(c1ccc(Cl)c(C(F)(F)F)c1)S(C)(=O)=O. The second-order valence-electron chi connectivity index (χ2n) is 8.12. The van der Waals surface area contributed by atoms with Crippen LogP contribution in [0.3, 0.4) is 0 Å². The van der Waals surface area contributed by atoms with Crippen LogP contribution in [0.15, 0.2) is 42.5 Å². The van der Waals surface area contributed by atoms with E-state index in [-0.39, 0.29) is 18.7 Å². The highest BCUT2D eigenvalue weighted by atomic mass is 35.5. The average molecular weight is 564 g/mol. The Morgan fingerprint density at radius 1 is 1.11 bits per heavy atom. The Morgan fingerprint density at radius 3 is 2.22 bits per heavy atom. The number of nitrogens with one attached hydrogen (secondary N) is 1. The van der Waals surface area contributed by atoms with E-state index in [9.17, 15) is 31.2 Å². The van der Waals surface area contributed by atoms with Gasteiger partial charge in [0.05, 0.1) is 29.6 Å². The molecule has 0 aromatic heterocycles. The lowest BCUT2D eigenvalue weighted by molar-refractivity contribution is -0.140. The fourth-order valence-corrected chi connectivity index (χ4v) is 4.70. The van der Waals surface area contributed by atoms with Crippen LogP contribution < -0.4 is 14.4 Å². The van der Waals surface area contributed by atoms with E-state index in [0.717, 1.165) is 18.4 Å². The Kier molecular flexibility index (Phi) is 10.2. The van der Waals surface area contributed by atoms with Gasteiger partial charge in [-0.25, -0.2) is 8.42 Å². The van der Waals surface area contributed by atoms with Gasteiger partial charge in [-0.05, 0) is 49.2 Å². The summed E-state index contributed by atoms with van der Waals surface area (Å²) in [5.41, 5.74) is -0.992. The fourth-order valence-electron chi connectivity index (χ4n) is 3.64. The number of nitrogens with zero attached hydrogens (tertiary/aromatic N) is 2. The number of anilines is 1. The van der Waals surface area contributed by atoms with Gasteiger partial charge in [0.25, 0.3) is 0 Å². The summed E-state index contributed by atoms with van der Waals surface area (Å²) in [6, 6.07) is 8.33. The van der Waals surface area contributed by atoms with Gasteiger partial charge in [0.2, 0.25) is 21.8 Å². The van der Waals surface area contributed by atoms with Crippen LogP contribution in [0.1, 0.15) is 31.4 Å². The molecule has 0 saturated heterocycles. The molecule has 8 nitrogen and oxygen atoms in total. The van der Waals surface area contributed by atoms with E-state index < -0.39 is 51.2 Å². The minimum atomic E-state index is -4.84. The number of sulfonamides is 1. The third kappa shape index (κ3) is 8.00. The van der Waals surface area contributed by atoms with E-state index in [1.807, 2.05) is 0 Å². The Morgan fingerprint density at radius 2 is 1.73 bits per heavy atom. The number of likely N-dealkylation sites (N-methyl/N-ethyl adjacent to an activating group) is 1. The number of carbonyl (C=O) groups excluding carboxylic acids is 2. The summed E-state index contributed by atoms with van der Waals surface area (Å²) in [6.45, 7) is 2.83. The van der Waals surface area contributed by atoms with Gasteiger partial charge in [-0.3, -0.25) is 13.9 Å². The van der Waals surface area contributed by atoms with Crippen molar-refractivity contribution in [3.8, 4) is 5.75 Å². The van der Waals surface area contributed by atoms with Gasteiger partial charge < -0.3 is 15.0 Å². The molecule has 1 atom stereocenters. The summed E-state index contributed by atoms with van der Waals surface area (Å²) in [6.07, 6.45) is -3.85. The second kappa shape index (κ2) is 12.5. The number of methoxy groups -OCH3 is 1. The zero-order chi connectivity index (χ0) is 28.0. The van der Waals surface area contributed by atoms with E-state index in [2.05, 4.69) is 5.32 Å². The molecule has 2 aromatic carbocycles. The van der Waals surface area contributed by atoms with Crippen LogP contribution >= 0.6 is 11.6 Å². The summed E-state index contributed by atoms with van der Waals surface area (Å²) in [5, 5.41) is 2.05. The largest absolute Gasteiger partial charge is 0.497 e. The Labute approximate surface area is 219 Å². The van der Waals surface area contributed by atoms with Crippen molar-refractivity contribution in [1.29, 1.82) is 0 Å². The van der Waals surface area contributed by atoms with Crippen LogP contribution in [0, 0.1) is 0 Å². The van der Waals surface area contributed by atoms with E-state index in [4.69, 9.17) is 16.3 Å². The van der Waals surface area contributed by atoms with Crippen molar-refractivity contribution in [3.05, 3.63) is 58.6 Å². The van der Waals surface area contributed by atoms with Gasteiger partial charge >= 0.3 is 6.18 Å². The van der Waals surface area contributed by atoms with E-state index in [1.165, 1.54) is 12.0 Å². The maximum atomic E-state index is 13.5. The van der Waals surface area contributed by atoms with Crippen molar-refractivity contribution in [2.24, 2.45) is 0 Å². The van der Waals surface area contributed by atoms with Crippen LogP contribution in [-0.2, 0) is 32.3 Å². The lowest BCUT2D eigenvalue weighted by Gasteiger charge is -2.33. The summed E-state index contributed by atoms with van der Waals surface area (Å²) in [4.78, 5) is 27.5. The molecule has 1 unspecified atom stereocenters. The number of hydrogen-bond acceptors (Lipinski definition) is 5. The number of rotatable bonds is 11. The molecule has 13 heteroatoms. The highest BCUT2D eigenvalue weighted by Gasteiger charge is 2.36. The summed E-state index contributed by atoms with van der Waals surface area (Å²) in [5.74, 6) is -0.643. The van der Waals surface area contributed by atoms with E-state index in [1.54, 1.807) is 38.1 Å². The first kappa shape index (κ1) is 30.2. The number of carbonyl (C=O) groups is 2. The molecule has 0 bridgehead atoms. The molecule has 37 heavy (non-hydrogen) atoms. The molecule has 0 fully saturated rings. The molecule has 0 saturated carbocycles. The first-order chi connectivity index (χ1) is 17.2. The van der Waals surface area contributed by atoms with Gasteiger partial charge in [0.15, 0.2) is 0 Å². The van der Waals surface area contributed by atoms with Crippen molar-refractivity contribution in [3.63, 3.8) is 0 Å². The smallest absolute Gasteiger partial charge is 0.417 e. The Bertz CT molecular complexity index is 1210. The summed E-state index contributed by atoms with van der Waals surface area (Å²) >= 11 is 5.68. The zero-order valence-corrected chi connectivity index (χ0v) is 22.4. The number of benzene rings is 2. The van der Waals surface area contributed by atoms with Crippen molar-refractivity contribution in [1.82, 2.24) is 10.2 Å². The van der Waals surface area contributed by atoms with E-state index >= 15 is 0 Å². The molecule has 2 aromatic rings. The first-order valence-electron chi connectivity index (χ1n) is 11.3. The lowest BCUT2D eigenvalue weighted by Crippen LogP contribution is -2.52.